The smallest absolute Gasteiger partial charge is 0.255 e. The minimum Gasteiger partial charge on any atom is -0.342 e. The molecule has 0 saturated heterocycles. The number of hydrogen-bond acceptors (Lipinski definition) is 3. The van der Waals surface area contributed by atoms with Crippen molar-refractivity contribution >= 4 is 16.9 Å². The van der Waals surface area contributed by atoms with Crippen LogP contribution in [-0.2, 0) is 0 Å². The Morgan fingerprint density at radius 3 is 2.74 bits per heavy atom. The third-order valence-corrected chi connectivity index (χ3v) is 3.30. The van der Waals surface area contributed by atoms with Crippen LogP contribution in [0.4, 0.5) is 0 Å². The van der Waals surface area contributed by atoms with E-state index in [4.69, 9.17) is 0 Å². The van der Waals surface area contributed by atoms with Crippen LogP contribution in [0, 0.1) is 6.92 Å². The Morgan fingerprint density at radius 1 is 1.47 bits per heavy atom. The summed E-state index contributed by atoms with van der Waals surface area (Å²) in [5, 5.41) is 5.24. The molecule has 0 unspecified atom stereocenters. The van der Waals surface area contributed by atoms with E-state index in [9.17, 15) is 4.79 Å². The van der Waals surface area contributed by atoms with Gasteiger partial charge in [-0.2, -0.15) is 5.10 Å². The van der Waals surface area contributed by atoms with E-state index in [2.05, 4.69) is 23.9 Å². The van der Waals surface area contributed by atoms with Gasteiger partial charge in [0.1, 0.15) is 0 Å². The number of fused-ring (bicyclic) bond motifs is 1. The molecule has 19 heavy (non-hydrogen) atoms. The van der Waals surface area contributed by atoms with Crippen LogP contribution in [0.3, 0.4) is 0 Å². The number of aromatic nitrogens is 3. The number of pyridine rings is 1. The first-order valence-corrected chi connectivity index (χ1v) is 6.56. The highest BCUT2D eigenvalue weighted by Crippen LogP contribution is 2.20. The molecule has 0 radical (unpaired) electrons. The van der Waals surface area contributed by atoms with Crippen LogP contribution in [0.1, 0.15) is 42.9 Å². The highest BCUT2D eigenvalue weighted by Gasteiger charge is 2.17. The second-order valence-corrected chi connectivity index (χ2v) is 5.04. The lowest BCUT2D eigenvalue weighted by molar-refractivity contribution is 0.0801. The van der Waals surface area contributed by atoms with E-state index < -0.39 is 0 Å². The van der Waals surface area contributed by atoms with E-state index >= 15 is 0 Å². The van der Waals surface area contributed by atoms with Crippen LogP contribution < -0.4 is 0 Å². The van der Waals surface area contributed by atoms with Crippen LogP contribution in [-0.4, -0.2) is 39.2 Å². The summed E-state index contributed by atoms with van der Waals surface area (Å²) in [6.45, 7) is 8.63. The van der Waals surface area contributed by atoms with Gasteiger partial charge in [0, 0.05) is 25.0 Å². The van der Waals surface area contributed by atoms with E-state index in [-0.39, 0.29) is 11.9 Å². The van der Waals surface area contributed by atoms with Crippen LogP contribution in [0.5, 0.6) is 0 Å². The van der Waals surface area contributed by atoms with Crippen molar-refractivity contribution in [1.29, 1.82) is 0 Å². The van der Waals surface area contributed by atoms with Gasteiger partial charge in [0.05, 0.1) is 17.5 Å². The predicted octanol–water partition coefficient (Wildman–Crippen LogP) is 2.41. The lowest BCUT2D eigenvalue weighted by Crippen LogP contribution is -2.27. The summed E-state index contributed by atoms with van der Waals surface area (Å²) in [5.74, 6) is 0.00620. The van der Waals surface area contributed by atoms with E-state index in [1.165, 1.54) is 0 Å². The second kappa shape index (κ2) is 4.99. The first-order chi connectivity index (χ1) is 8.95. The van der Waals surface area contributed by atoms with Gasteiger partial charge in [0.2, 0.25) is 0 Å². The van der Waals surface area contributed by atoms with E-state index in [0.29, 0.717) is 12.1 Å². The fraction of sp³-hybridized carbons (Fsp3) is 0.500. The minimum atomic E-state index is 0.00620. The van der Waals surface area contributed by atoms with Crippen LogP contribution >= 0.6 is 0 Å². The lowest BCUT2D eigenvalue weighted by atomic mass is 10.1. The molecular weight excluding hydrogens is 240 g/mol. The quantitative estimate of drug-likeness (QED) is 0.851. The van der Waals surface area contributed by atoms with Crippen molar-refractivity contribution in [3.05, 3.63) is 23.5 Å². The number of aryl methyl sites for hydroxylation is 1. The van der Waals surface area contributed by atoms with Crippen LogP contribution in [0.25, 0.3) is 11.0 Å². The summed E-state index contributed by atoms with van der Waals surface area (Å²) in [4.78, 5) is 18.5. The molecule has 0 N–H and O–H groups in total. The van der Waals surface area contributed by atoms with E-state index in [1.807, 2.05) is 24.6 Å². The molecule has 0 bridgehead atoms. The Morgan fingerprint density at radius 2 is 2.16 bits per heavy atom. The second-order valence-electron chi connectivity index (χ2n) is 5.04. The van der Waals surface area contributed by atoms with E-state index in [1.54, 1.807) is 18.1 Å². The Hall–Kier alpha value is -1.91. The number of rotatable bonds is 3. The van der Waals surface area contributed by atoms with Crippen molar-refractivity contribution < 1.29 is 4.79 Å². The Kier molecular flexibility index (Phi) is 3.55. The summed E-state index contributed by atoms with van der Waals surface area (Å²) in [5.41, 5.74) is 2.24. The summed E-state index contributed by atoms with van der Waals surface area (Å²) in [7, 11) is 1.80. The largest absolute Gasteiger partial charge is 0.342 e. The number of carbonyl (C=O) groups is 1. The molecule has 5 nitrogen and oxygen atoms in total. The average molecular weight is 260 g/mol. The first kappa shape index (κ1) is 13.5. The number of carbonyl (C=O) groups excluding carboxylic acids is 1. The molecule has 0 aliphatic rings. The Labute approximate surface area is 113 Å². The molecule has 0 spiro atoms. The maximum Gasteiger partial charge on any atom is 0.255 e. The molecule has 2 rings (SSSR count). The fourth-order valence-corrected chi connectivity index (χ4v) is 2.01. The van der Waals surface area contributed by atoms with Gasteiger partial charge >= 0.3 is 0 Å². The molecule has 0 aliphatic carbocycles. The topological polar surface area (TPSA) is 51.0 Å². The van der Waals surface area contributed by atoms with Gasteiger partial charge in [-0.25, -0.2) is 9.67 Å². The van der Waals surface area contributed by atoms with Gasteiger partial charge in [0.15, 0.2) is 5.65 Å². The molecule has 0 atom stereocenters. The maximum absolute atomic E-state index is 12.2. The summed E-state index contributed by atoms with van der Waals surface area (Å²) in [6, 6.07) is 2.14. The standard InChI is InChI=1S/C14H20N4O/c1-6-17(5)14(19)12-7-11-8-15-18(9(2)3)13(11)16-10(12)4/h7-9H,6H2,1-5H3. The van der Waals surface area contributed by atoms with Crippen molar-refractivity contribution in [2.75, 3.05) is 13.6 Å². The average Bonchev–Trinajstić information content (AvgIpc) is 2.78. The van der Waals surface area contributed by atoms with Gasteiger partial charge in [0.25, 0.3) is 5.91 Å². The minimum absolute atomic E-state index is 0.00620. The Balaban J connectivity index is 2.55. The van der Waals surface area contributed by atoms with Crippen molar-refractivity contribution in [2.24, 2.45) is 0 Å². The Bertz CT molecular complexity index is 615. The molecule has 0 aliphatic heterocycles. The number of amides is 1. The zero-order valence-corrected chi connectivity index (χ0v) is 12.1. The van der Waals surface area contributed by atoms with Crippen molar-refractivity contribution in [1.82, 2.24) is 19.7 Å². The predicted molar refractivity (Wildman–Crippen MR) is 75.3 cm³/mol. The molecule has 2 aromatic rings. The number of nitrogens with zero attached hydrogens (tertiary/aromatic N) is 4. The molecule has 0 aromatic carbocycles. The molecule has 1 amide bonds. The van der Waals surface area contributed by atoms with Crippen molar-refractivity contribution in [2.45, 2.75) is 33.7 Å². The molecule has 2 heterocycles. The van der Waals surface area contributed by atoms with Gasteiger partial charge in [-0.15, -0.1) is 0 Å². The molecular formula is C14H20N4O. The van der Waals surface area contributed by atoms with Gasteiger partial charge in [-0.1, -0.05) is 0 Å². The fourth-order valence-electron chi connectivity index (χ4n) is 2.01. The van der Waals surface area contributed by atoms with Crippen molar-refractivity contribution in [3.8, 4) is 0 Å². The third kappa shape index (κ3) is 2.32. The van der Waals surface area contributed by atoms with Crippen LogP contribution in [0.2, 0.25) is 0 Å². The lowest BCUT2D eigenvalue weighted by Gasteiger charge is -2.16. The maximum atomic E-state index is 12.2. The third-order valence-electron chi connectivity index (χ3n) is 3.30. The molecule has 5 heteroatoms. The molecule has 0 fully saturated rings. The molecule has 0 saturated carbocycles. The summed E-state index contributed by atoms with van der Waals surface area (Å²) >= 11 is 0. The molecule has 102 valence electrons. The summed E-state index contributed by atoms with van der Waals surface area (Å²) in [6.07, 6.45) is 1.77. The van der Waals surface area contributed by atoms with Gasteiger partial charge in [-0.3, -0.25) is 4.79 Å². The van der Waals surface area contributed by atoms with Crippen LogP contribution in [0.15, 0.2) is 12.3 Å². The summed E-state index contributed by atoms with van der Waals surface area (Å²) < 4.78 is 1.88. The highest BCUT2D eigenvalue weighted by atomic mass is 16.2. The van der Waals surface area contributed by atoms with Crippen molar-refractivity contribution in [3.63, 3.8) is 0 Å². The van der Waals surface area contributed by atoms with Gasteiger partial charge < -0.3 is 4.90 Å². The zero-order chi connectivity index (χ0) is 14.2. The highest BCUT2D eigenvalue weighted by molar-refractivity contribution is 5.98. The van der Waals surface area contributed by atoms with Gasteiger partial charge in [-0.05, 0) is 33.8 Å². The van der Waals surface area contributed by atoms with E-state index in [0.717, 1.165) is 16.7 Å². The molecule has 2 aromatic heterocycles. The SMILES string of the molecule is CCN(C)C(=O)c1cc2cnn(C(C)C)c2nc1C. The first-order valence-electron chi connectivity index (χ1n) is 6.56. The monoisotopic (exact) mass is 260 g/mol. The normalized spacial score (nSPS) is 11.3. The number of hydrogen-bond donors (Lipinski definition) is 0. The zero-order valence-electron chi connectivity index (χ0n) is 12.1.